The van der Waals surface area contributed by atoms with Crippen LogP contribution in [0.1, 0.15) is 54.6 Å². The van der Waals surface area contributed by atoms with Gasteiger partial charge in [0, 0.05) is 44.0 Å². The molecule has 34 heavy (non-hydrogen) atoms. The van der Waals surface area contributed by atoms with E-state index in [1.54, 1.807) is 22.5 Å². The summed E-state index contributed by atoms with van der Waals surface area (Å²) in [6, 6.07) is 12.5. The quantitative estimate of drug-likeness (QED) is 0.668. The lowest BCUT2D eigenvalue weighted by atomic mass is 10.1. The standard InChI is InChI=1S/C26H35N3O4S/c1-19-7-12-24(34(31,32)29-13-5-4-6-14-29)15-25(19)27-26(30)23-10-8-22(9-11-23)18-28-16-20(2)33-21(3)17-28/h7-12,15,20-21H,4-6,13-14,16-18H2,1-3H3,(H,27,30). The van der Waals surface area contributed by atoms with E-state index < -0.39 is 10.0 Å². The van der Waals surface area contributed by atoms with Gasteiger partial charge in [-0.2, -0.15) is 4.31 Å². The van der Waals surface area contributed by atoms with Crippen molar-refractivity contribution < 1.29 is 17.9 Å². The second kappa shape index (κ2) is 10.6. The molecule has 7 nitrogen and oxygen atoms in total. The molecular weight excluding hydrogens is 450 g/mol. The van der Waals surface area contributed by atoms with Gasteiger partial charge in [-0.1, -0.05) is 24.6 Å². The van der Waals surface area contributed by atoms with Crippen molar-refractivity contribution in [2.24, 2.45) is 0 Å². The molecule has 1 amide bonds. The highest BCUT2D eigenvalue weighted by atomic mass is 32.2. The predicted octanol–water partition coefficient (Wildman–Crippen LogP) is 4.03. The second-order valence-corrected chi connectivity index (χ2v) is 11.5. The highest BCUT2D eigenvalue weighted by Crippen LogP contribution is 2.26. The van der Waals surface area contributed by atoms with Crippen LogP contribution in [0, 0.1) is 6.92 Å². The van der Waals surface area contributed by atoms with Crippen molar-refractivity contribution >= 4 is 21.6 Å². The van der Waals surface area contributed by atoms with Crippen molar-refractivity contribution in [1.29, 1.82) is 0 Å². The molecule has 2 heterocycles. The SMILES string of the molecule is Cc1ccc(S(=O)(=O)N2CCCCC2)cc1NC(=O)c1ccc(CN2CC(C)OC(C)C2)cc1. The number of hydrogen-bond donors (Lipinski definition) is 1. The number of carbonyl (C=O) groups is 1. The fraction of sp³-hybridized carbons (Fsp3) is 0.500. The Hall–Kier alpha value is -2.26. The number of morpholine rings is 1. The van der Waals surface area contributed by atoms with Gasteiger partial charge in [0.2, 0.25) is 10.0 Å². The highest BCUT2D eigenvalue weighted by molar-refractivity contribution is 7.89. The molecule has 2 saturated heterocycles. The number of piperidine rings is 1. The Labute approximate surface area is 203 Å². The molecule has 2 aromatic rings. The Kier molecular flexibility index (Phi) is 7.72. The number of carbonyl (C=O) groups excluding carboxylic acids is 1. The van der Waals surface area contributed by atoms with Gasteiger partial charge < -0.3 is 10.1 Å². The van der Waals surface area contributed by atoms with Crippen molar-refractivity contribution in [3.8, 4) is 0 Å². The molecule has 184 valence electrons. The second-order valence-electron chi connectivity index (χ2n) is 9.54. The minimum absolute atomic E-state index is 0.214. The fourth-order valence-corrected chi connectivity index (χ4v) is 6.32. The Morgan fingerprint density at radius 2 is 1.65 bits per heavy atom. The Bertz CT molecular complexity index is 1100. The van der Waals surface area contributed by atoms with E-state index in [2.05, 4.69) is 24.1 Å². The van der Waals surface area contributed by atoms with Crippen LogP contribution in [0.5, 0.6) is 0 Å². The molecule has 0 bridgehead atoms. The van der Waals surface area contributed by atoms with Gasteiger partial charge in [-0.25, -0.2) is 8.42 Å². The molecule has 8 heteroatoms. The summed E-state index contributed by atoms with van der Waals surface area (Å²) in [5.41, 5.74) is 3.02. The zero-order chi connectivity index (χ0) is 24.3. The van der Waals surface area contributed by atoms with E-state index in [-0.39, 0.29) is 23.0 Å². The van der Waals surface area contributed by atoms with Gasteiger partial charge in [-0.05, 0) is 69.0 Å². The molecule has 2 aliphatic heterocycles. The van der Waals surface area contributed by atoms with Crippen molar-refractivity contribution in [3.05, 3.63) is 59.2 Å². The maximum absolute atomic E-state index is 13.0. The first-order chi connectivity index (χ1) is 16.2. The van der Waals surface area contributed by atoms with Gasteiger partial charge in [0.15, 0.2) is 0 Å². The van der Waals surface area contributed by atoms with E-state index in [4.69, 9.17) is 4.74 Å². The molecule has 1 N–H and O–H groups in total. The lowest BCUT2D eigenvalue weighted by Crippen LogP contribution is -2.44. The van der Waals surface area contributed by atoms with Gasteiger partial charge in [0.05, 0.1) is 17.1 Å². The Balaban J connectivity index is 1.43. The summed E-state index contributed by atoms with van der Waals surface area (Å²) in [5.74, 6) is -0.254. The molecule has 0 saturated carbocycles. The van der Waals surface area contributed by atoms with Crippen molar-refractivity contribution in [1.82, 2.24) is 9.21 Å². The van der Waals surface area contributed by atoms with E-state index in [1.165, 1.54) is 0 Å². The van der Waals surface area contributed by atoms with Crippen LogP contribution in [0.4, 0.5) is 5.69 Å². The van der Waals surface area contributed by atoms with Gasteiger partial charge in [0.25, 0.3) is 5.91 Å². The molecule has 4 rings (SSSR count). The van der Waals surface area contributed by atoms with Gasteiger partial charge in [0.1, 0.15) is 0 Å². The first-order valence-corrected chi connectivity index (χ1v) is 13.6. The number of ether oxygens (including phenoxy) is 1. The number of amides is 1. The molecule has 0 spiro atoms. The third kappa shape index (κ3) is 5.86. The average Bonchev–Trinajstić information content (AvgIpc) is 2.80. The number of rotatable bonds is 6. The van der Waals surface area contributed by atoms with Crippen LogP contribution in [0.2, 0.25) is 0 Å². The average molecular weight is 486 g/mol. The van der Waals surface area contributed by atoms with Gasteiger partial charge in [-0.15, -0.1) is 0 Å². The Morgan fingerprint density at radius 3 is 2.29 bits per heavy atom. The number of hydrogen-bond acceptors (Lipinski definition) is 5. The van der Waals surface area contributed by atoms with Crippen molar-refractivity contribution in [3.63, 3.8) is 0 Å². The van der Waals surface area contributed by atoms with E-state index in [9.17, 15) is 13.2 Å². The summed E-state index contributed by atoms with van der Waals surface area (Å²) < 4.78 is 33.4. The number of anilines is 1. The smallest absolute Gasteiger partial charge is 0.255 e. The molecular formula is C26H35N3O4S. The maximum Gasteiger partial charge on any atom is 0.255 e. The minimum atomic E-state index is -3.56. The van der Waals surface area contributed by atoms with Crippen molar-refractivity contribution in [2.75, 3.05) is 31.5 Å². The van der Waals surface area contributed by atoms with Gasteiger partial charge >= 0.3 is 0 Å². The zero-order valence-electron chi connectivity index (χ0n) is 20.3. The summed E-state index contributed by atoms with van der Waals surface area (Å²) in [5, 5.41) is 2.91. The summed E-state index contributed by atoms with van der Waals surface area (Å²) in [6.07, 6.45) is 3.26. The topological polar surface area (TPSA) is 79.0 Å². The number of nitrogens with zero attached hydrogens (tertiary/aromatic N) is 2. The third-order valence-corrected chi connectivity index (χ3v) is 8.42. The van der Waals surface area contributed by atoms with Crippen LogP contribution in [0.25, 0.3) is 0 Å². The van der Waals surface area contributed by atoms with Gasteiger partial charge in [-0.3, -0.25) is 9.69 Å². The number of sulfonamides is 1. The normalized spacial score (nSPS) is 22.4. The third-order valence-electron chi connectivity index (χ3n) is 6.53. The van der Waals surface area contributed by atoms with E-state index in [0.717, 1.165) is 50.0 Å². The zero-order valence-corrected chi connectivity index (χ0v) is 21.1. The molecule has 0 radical (unpaired) electrons. The molecule has 2 unspecified atom stereocenters. The minimum Gasteiger partial charge on any atom is -0.373 e. The summed E-state index contributed by atoms with van der Waals surface area (Å²) in [7, 11) is -3.56. The van der Waals surface area contributed by atoms with Crippen LogP contribution >= 0.6 is 0 Å². The molecule has 2 fully saturated rings. The molecule has 2 atom stereocenters. The summed E-state index contributed by atoms with van der Waals surface area (Å²) >= 11 is 0. The van der Waals surface area contributed by atoms with Crippen LogP contribution in [0.3, 0.4) is 0 Å². The lowest BCUT2D eigenvalue weighted by Gasteiger charge is -2.35. The van der Waals surface area contributed by atoms with E-state index in [0.29, 0.717) is 24.3 Å². The number of nitrogens with one attached hydrogen (secondary N) is 1. The largest absolute Gasteiger partial charge is 0.373 e. The molecule has 2 aliphatic rings. The van der Waals surface area contributed by atoms with E-state index in [1.807, 2.05) is 31.2 Å². The van der Waals surface area contributed by atoms with Crippen LogP contribution < -0.4 is 5.32 Å². The Morgan fingerprint density at radius 1 is 1.00 bits per heavy atom. The van der Waals surface area contributed by atoms with Crippen molar-refractivity contribution in [2.45, 2.75) is 63.7 Å². The molecule has 2 aromatic carbocycles. The van der Waals surface area contributed by atoms with Crippen LogP contribution in [0.15, 0.2) is 47.4 Å². The molecule has 0 aliphatic carbocycles. The van der Waals surface area contributed by atoms with Crippen LogP contribution in [-0.4, -0.2) is 61.9 Å². The lowest BCUT2D eigenvalue weighted by molar-refractivity contribution is -0.0704. The summed E-state index contributed by atoms with van der Waals surface area (Å²) in [4.78, 5) is 15.5. The van der Waals surface area contributed by atoms with E-state index >= 15 is 0 Å². The molecule has 0 aromatic heterocycles. The fourth-order valence-electron chi connectivity index (χ4n) is 4.78. The summed E-state index contributed by atoms with van der Waals surface area (Å²) in [6.45, 7) is 9.73. The first kappa shape index (κ1) is 24.9. The van der Waals surface area contributed by atoms with Crippen LogP contribution in [-0.2, 0) is 21.3 Å². The number of benzene rings is 2. The first-order valence-electron chi connectivity index (χ1n) is 12.1. The highest BCUT2D eigenvalue weighted by Gasteiger charge is 2.27. The maximum atomic E-state index is 13.0. The monoisotopic (exact) mass is 485 g/mol. The predicted molar refractivity (Wildman–Crippen MR) is 133 cm³/mol. The number of aryl methyl sites for hydroxylation is 1.